The topological polar surface area (TPSA) is 75.9 Å². The predicted octanol–water partition coefficient (Wildman–Crippen LogP) is 2.20. The maximum Gasteiger partial charge on any atom is 0.191 e. The van der Waals surface area contributed by atoms with Crippen molar-refractivity contribution in [1.29, 1.82) is 0 Å². The molecule has 0 aromatic carbocycles. The largest absolute Gasteiger partial charge is 0.394 e. The first-order valence-electron chi connectivity index (χ1n) is 6.91. The molecule has 0 saturated carbocycles. The highest BCUT2D eigenvalue weighted by atomic mass is 32.2. The average Bonchev–Trinajstić information content (AvgIpc) is 3.00. The summed E-state index contributed by atoms with van der Waals surface area (Å²) >= 11 is 1.48. The van der Waals surface area contributed by atoms with Crippen molar-refractivity contribution >= 4 is 17.6 Å². The lowest BCUT2D eigenvalue weighted by Crippen LogP contribution is -2.26. The number of nitrogens with one attached hydrogen (secondary N) is 1. The molecule has 0 aliphatic rings. The number of hydrogen-bond donors (Lipinski definition) is 2. The summed E-state index contributed by atoms with van der Waals surface area (Å²) in [6.07, 6.45) is 8.08. The predicted molar refractivity (Wildman–Crippen MR) is 84.9 cm³/mol. The van der Waals surface area contributed by atoms with E-state index in [9.17, 15) is 5.11 Å². The van der Waals surface area contributed by atoms with Gasteiger partial charge in [-0.15, -0.1) is 0 Å². The highest BCUT2D eigenvalue weighted by Crippen LogP contribution is 2.18. The molecule has 2 heterocycles. The number of rotatable bonds is 7. The van der Waals surface area contributed by atoms with E-state index in [1.165, 1.54) is 11.8 Å². The van der Waals surface area contributed by atoms with Crippen LogP contribution in [0.25, 0.3) is 5.82 Å². The minimum atomic E-state index is -0.00903. The van der Waals surface area contributed by atoms with Gasteiger partial charge in [0, 0.05) is 18.5 Å². The quantitative estimate of drug-likeness (QED) is 0.603. The van der Waals surface area contributed by atoms with Crippen LogP contribution in [0, 0.1) is 5.92 Å². The van der Waals surface area contributed by atoms with E-state index in [1.54, 1.807) is 12.5 Å². The van der Waals surface area contributed by atoms with Crippen molar-refractivity contribution in [2.24, 2.45) is 5.92 Å². The molecule has 0 aliphatic carbocycles. The summed E-state index contributed by atoms with van der Waals surface area (Å²) in [5, 5.41) is 13.5. The molecule has 21 heavy (non-hydrogen) atoms. The zero-order chi connectivity index (χ0) is 15.2. The van der Waals surface area contributed by atoms with Crippen molar-refractivity contribution < 1.29 is 5.11 Å². The zero-order valence-electron chi connectivity index (χ0n) is 12.5. The van der Waals surface area contributed by atoms with E-state index in [0.717, 1.165) is 18.1 Å². The number of thioether (sulfide) groups is 1. The van der Waals surface area contributed by atoms with Crippen LogP contribution in [-0.4, -0.2) is 43.5 Å². The van der Waals surface area contributed by atoms with Crippen LogP contribution in [0.5, 0.6) is 0 Å². The Labute approximate surface area is 129 Å². The molecule has 2 aromatic heterocycles. The van der Waals surface area contributed by atoms with Gasteiger partial charge in [0.05, 0.1) is 12.6 Å². The van der Waals surface area contributed by atoms with Gasteiger partial charge in [0.1, 0.15) is 18.0 Å². The minimum absolute atomic E-state index is 0.00903. The number of aliphatic hydroxyl groups is 1. The highest BCUT2D eigenvalue weighted by Gasteiger charge is 2.12. The SMILES string of the molecule is CSc1nc(NC(CO)CC(C)C)cc(-n2ccnc2)n1. The molecule has 1 atom stereocenters. The monoisotopic (exact) mass is 307 g/mol. The maximum absolute atomic E-state index is 9.49. The summed E-state index contributed by atoms with van der Waals surface area (Å²) in [4.78, 5) is 12.9. The fourth-order valence-corrected chi connectivity index (χ4v) is 2.44. The van der Waals surface area contributed by atoms with Gasteiger partial charge in [-0.3, -0.25) is 4.57 Å². The molecule has 0 fully saturated rings. The van der Waals surface area contributed by atoms with Crippen molar-refractivity contribution in [1.82, 2.24) is 19.5 Å². The molecule has 6 nitrogen and oxygen atoms in total. The smallest absolute Gasteiger partial charge is 0.191 e. The number of imidazole rings is 1. The maximum atomic E-state index is 9.49. The van der Waals surface area contributed by atoms with Crippen LogP contribution >= 0.6 is 11.8 Å². The summed E-state index contributed by atoms with van der Waals surface area (Å²) < 4.78 is 1.84. The number of anilines is 1. The first kappa shape index (κ1) is 15.8. The van der Waals surface area contributed by atoms with E-state index in [0.29, 0.717) is 11.1 Å². The summed E-state index contributed by atoms with van der Waals surface area (Å²) in [5.74, 6) is 1.98. The fourth-order valence-electron chi connectivity index (χ4n) is 2.06. The normalized spacial score (nSPS) is 12.6. The van der Waals surface area contributed by atoms with Crippen LogP contribution in [0.3, 0.4) is 0 Å². The Morgan fingerprint density at radius 3 is 2.76 bits per heavy atom. The third-order valence-electron chi connectivity index (χ3n) is 2.97. The fraction of sp³-hybridized carbons (Fsp3) is 0.500. The molecule has 0 radical (unpaired) electrons. The molecule has 0 saturated heterocycles. The van der Waals surface area contributed by atoms with E-state index >= 15 is 0 Å². The van der Waals surface area contributed by atoms with Gasteiger partial charge in [0.15, 0.2) is 5.16 Å². The molecule has 0 bridgehead atoms. The molecule has 2 rings (SSSR count). The Bertz CT molecular complexity index is 558. The van der Waals surface area contributed by atoms with Crippen LogP contribution in [0.4, 0.5) is 5.82 Å². The Balaban J connectivity index is 2.24. The molecule has 2 N–H and O–H groups in total. The first-order valence-corrected chi connectivity index (χ1v) is 8.13. The standard InChI is InChI=1S/C14H21N5OS/c1-10(2)6-11(8-20)16-12-7-13(18-14(17-12)21-3)19-5-4-15-9-19/h4-5,7,9-11,20H,6,8H2,1-3H3,(H,16,17,18). The Kier molecular flexibility index (Phi) is 5.58. The summed E-state index contributed by atoms with van der Waals surface area (Å²) in [6.45, 7) is 4.35. The Morgan fingerprint density at radius 1 is 1.38 bits per heavy atom. The van der Waals surface area contributed by atoms with Crippen molar-refractivity contribution in [2.75, 3.05) is 18.2 Å². The second-order valence-corrected chi connectivity index (χ2v) is 5.99. The number of hydrogen-bond acceptors (Lipinski definition) is 6. The van der Waals surface area contributed by atoms with Crippen molar-refractivity contribution in [3.05, 3.63) is 24.8 Å². The lowest BCUT2D eigenvalue weighted by molar-refractivity contribution is 0.259. The lowest BCUT2D eigenvalue weighted by atomic mass is 10.0. The van der Waals surface area contributed by atoms with E-state index in [-0.39, 0.29) is 12.6 Å². The highest BCUT2D eigenvalue weighted by molar-refractivity contribution is 7.98. The van der Waals surface area contributed by atoms with Gasteiger partial charge >= 0.3 is 0 Å². The van der Waals surface area contributed by atoms with Gasteiger partial charge in [-0.25, -0.2) is 15.0 Å². The van der Waals surface area contributed by atoms with Crippen LogP contribution in [0.1, 0.15) is 20.3 Å². The van der Waals surface area contributed by atoms with E-state index in [4.69, 9.17) is 0 Å². The van der Waals surface area contributed by atoms with E-state index in [2.05, 4.69) is 34.1 Å². The molecule has 0 spiro atoms. The molecule has 7 heteroatoms. The molecule has 2 aromatic rings. The molecule has 0 amide bonds. The van der Waals surface area contributed by atoms with Crippen molar-refractivity contribution in [3.8, 4) is 5.82 Å². The second-order valence-electron chi connectivity index (χ2n) is 5.22. The van der Waals surface area contributed by atoms with Crippen molar-refractivity contribution in [2.45, 2.75) is 31.5 Å². The van der Waals surface area contributed by atoms with Gasteiger partial charge < -0.3 is 10.4 Å². The second kappa shape index (κ2) is 7.42. The molecule has 1 unspecified atom stereocenters. The van der Waals surface area contributed by atoms with Gasteiger partial charge in [-0.05, 0) is 18.6 Å². The number of aromatic nitrogens is 4. The van der Waals surface area contributed by atoms with Gasteiger partial charge in [-0.1, -0.05) is 25.6 Å². The Morgan fingerprint density at radius 2 is 2.19 bits per heavy atom. The summed E-state index contributed by atoms with van der Waals surface area (Å²) in [5.41, 5.74) is 0. The summed E-state index contributed by atoms with van der Waals surface area (Å²) in [6, 6.07) is 1.86. The third-order valence-corrected chi connectivity index (χ3v) is 3.52. The van der Waals surface area contributed by atoms with Gasteiger partial charge in [0.2, 0.25) is 0 Å². The van der Waals surface area contributed by atoms with Crippen LogP contribution < -0.4 is 5.32 Å². The molecule has 0 aliphatic heterocycles. The van der Waals surface area contributed by atoms with Crippen LogP contribution in [0.2, 0.25) is 0 Å². The van der Waals surface area contributed by atoms with Crippen LogP contribution in [-0.2, 0) is 0 Å². The number of aliphatic hydroxyl groups excluding tert-OH is 1. The van der Waals surface area contributed by atoms with E-state index < -0.39 is 0 Å². The van der Waals surface area contributed by atoms with E-state index in [1.807, 2.05) is 23.1 Å². The summed E-state index contributed by atoms with van der Waals surface area (Å²) in [7, 11) is 0. The number of nitrogens with zero attached hydrogens (tertiary/aromatic N) is 4. The van der Waals surface area contributed by atoms with Gasteiger partial charge in [0.25, 0.3) is 0 Å². The first-order chi connectivity index (χ1) is 10.1. The molecular weight excluding hydrogens is 286 g/mol. The zero-order valence-corrected chi connectivity index (χ0v) is 13.3. The molecular formula is C14H21N5OS. The average molecular weight is 307 g/mol. The Hall–Kier alpha value is -1.60. The van der Waals surface area contributed by atoms with Crippen LogP contribution in [0.15, 0.2) is 29.9 Å². The molecule has 114 valence electrons. The third kappa shape index (κ3) is 4.44. The lowest BCUT2D eigenvalue weighted by Gasteiger charge is -2.19. The van der Waals surface area contributed by atoms with Gasteiger partial charge in [-0.2, -0.15) is 0 Å². The van der Waals surface area contributed by atoms with Crippen molar-refractivity contribution in [3.63, 3.8) is 0 Å². The minimum Gasteiger partial charge on any atom is -0.394 e.